The summed E-state index contributed by atoms with van der Waals surface area (Å²) in [7, 11) is 0. The molecule has 0 amide bonds. The van der Waals surface area contributed by atoms with Crippen LogP contribution in [-0.4, -0.2) is 29.5 Å². The standard InChI is InChI=1S/C15H13N7/c1-10-13(11-3-2-5-16-9-11)14-17-7-8-22(14)15(19-10)20-12-4-6-18-21-12/h2-9H,1H3,(H2,18,19,20,21). The van der Waals surface area contributed by atoms with Crippen molar-refractivity contribution in [3.05, 3.63) is 54.9 Å². The molecule has 0 radical (unpaired) electrons. The molecule has 22 heavy (non-hydrogen) atoms. The monoisotopic (exact) mass is 291 g/mol. The van der Waals surface area contributed by atoms with Crippen molar-refractivity contribution in [1.29, 1.82) is 0 Å². The molecule has 0 bridgehead atoms. The zero-order valence-electron chi connectivity index (χ0n) is 11.9. The molecule has 0 aliphatic rings. The van der Waals surface area contributed by atoms with Crippen molar-refractivity contribution in [3.8, 4) is 11.1 Å². The van der Waals surface area contributed by atoms with Gasteiger partial charge in [-0.1, -0.05) is 6.07 Å². The van der Waals surface area contributed by atoms with Crippen molar-refractivity contribution in [2.45, 2.75) is 6.92 Å². The van der Waals surface area contributed by atoms with Crippen LogP contribution in [0, 0.1) is 6.92 Å². The average molecular weight is 291 g/mol. The van der Waals surface area contributed by atoms with Crippen LogP contribution in [0.3, 0.4) is 0 Å². The quantitative estimate of drug-likeness (QED) is 0.606. The van der Waals surface area contributed by atoms with Gasteiger partial charge in [-0.25, -0.2) is 9.97 Å². The number of aromatic nitrogens is 6. The summed E-state index contributed by atoms with van der Waals surface area (Å²) in [6.07, 6.45) is 8.89. The molecule has 4 rings (SSSR count). The van der Waals surface area contributed by atoms with Gasteiger partial charge in [-0.2, -0.15) is 5.10 Å². The van der Waals surface area contributed by atoms with Gasteiger partial charge in [0.2, 0.25) is 5.95 Å². The average Bonchev–Trinajstić information content (AvgIpc) is 3.19. The Hall–Kier alpha value is -3.22. The Morgan fingerprint density at radius 1 is 1.18 bits per heavy atom. The fourth-order valence-electron chi connectivity index (χ4n) is 2.47. The highest BCUT2D eigenvalue weighted by atomic mass is 15.2. The summed E-state index contributed by atoms with van der Waals surface area (Å²) in [4.78, 5) is 13.3. The van der Waals surface area contributed by atoms with E-state index in [1.165, 1.54) is 0 Å². The van der Waals surface area contributed by atoms with E-state index in [9.17, 15) is 0 Å². The number of nitrogens with one attached hydrogen (secondary N) is 2. The topological polar surface area (TPSA) is 83.8 Å². The van der Waals surface area contributed by atoms with Gasteiger partial charge in [0, 0.05) is 42.0 Å². The number of fused-ring (bicyclic) bond motifs is 1. The molecule has 7 heteroatoms. The second-order valence-electron chi connectivity index (χ2n) is 4.85. The van der Waals surface area contributed by atoms with Gasteiger partial charge in [-0.3, -0.25) is 14.5 Å². The van der Waals surface area contributed by atoms with E-state index in [0.29, 0.717) is 5.95 Å². The van der Waals surface area contributed by atoms with Gasteiger partial charge in [0.15, 0.2) is 0 Å². The molecule has 0 aliphatic heterocycles. The molecule has 0 aliphatic carbocycles. The minimum atomic E-state index is 0.682. The Bertz CT molecular complexity index is 910. The molecular weight excluding hydrogens is 278 g/mol. The molecule has 0 aromatic carbocycles. The first-order chi connectivity index (χ1) is 10.8. The normalized spacial score (nSPS) is 11.0. The highest BCUT2D eigenvalue weighted by Gasteiger charge is 2.14. The minimum Gasteiger partial charge on any atom is -0.310 e. The van der Waals surface area contributed by atoms with Crippen LogP contribution in [0.25, 0.3) is 16.8 Å². The van der Waals surface area contributed by atoms with Crippen molar-refractivity contribution < 1.29 is 0 Å². The number of hydrogen-bond acceptors (Lipinski definition) is 5. The molecule has 4 aromatic rings. The molecule has 0 fully saturated rings. The third kappa shape index (κ3) is 1.99. The van der Waals surface area contributed by atoms with Crippen LogP contribution >= 0.6 is 0 Å². The lowest BCUT2D eigenvalue weighted by Gasteiger charge is -2.12. The fraction of sp³-hybridized carbons (Fsp3) is 0.0667. The van der Waals surface area contributed by atoms with Gasteiger partial charge in [0.25, 0.3) is 0 Å². The largest absolute Gasteiger partial charge is 0.310 e. The van der Waals surface area contributed by atoms with Crippen molar-refractivity contribution >= 4 is 17.4 Å². The van der Waals surface area contributed by atoms with E-state index in [0.717, 1.165) is 28.3 Å². The maximum absolute atomic E-state index is 4.66. The number of pyridine rings is 1. The summed E-state index contributed by atoms with van der Waals surface area (Å²) < 4.78 is 1.91. The minimum absolute atomic E-state index is 0.682. The van der Waals surface area contributed by atoms with Crippen LogP contribution in [0.15, 0.2) is 49.2 Å². The van der Waals surface area contributed by atoms with Gasteiger partial charge in [0.05, 0.1) is 11.9 Å². The molecule has 108 valence electrons. The second-order valence-corrected chi connectivity index (χ2v) is 4.85. The summed E-state index contributed by atoms with van der Waals surface area (Å²) in [5.74, 6) is 1.46. The molecule has 4 heterocycles. The Balaban J connectivity index is 1.91. The molecule has 7 nitrogen and oxygen atoms in total. The summed E-state index contributed by atoms with van der Waals surface area (Å²) in [5, 5.41) is 10.00. The van der Waals surface area contributed by atoms with Crippen molar-refractivity contribution in [2.75, 3.05) is 5.32 Å². The first-order valence-corrected chi connectivity index (χ1v) is 6.83. The van der Waals surface area contributed by atoms with Crippen LogP contribution in [-0.2, 0) is 0 Å². The molecule has 0 unspecified atom stereocenters. The van der Waals surface area contributed by atoms with Crippen LogP contribution in [0.4, 0.5) is 11.8 Å². The van der Waals surface area contributed by atoms with E-state index in [1.807, 2.05) is 41.9 Å². The van der Waals surface area contributed by atoms with Gasteiger partial charge < -0.3 is 5.32 Å². The van der Waals surface area contributed by atoms with E-state index < -0.39 is 0 Å². The van der Waals surface area contributed by atoms with Crippen molar-refractivity contribution in [1.82, 2.24) is 29.5 Å². The Morgan fingerprint density at radius 3 is 2.91 bits per heavy atom. The number of anilines is 2. The number of H-pyrrole nitrogens is 1. The first-order valence-electron chi connectivity index (χ1n) is 6.83. The smallest absolute Gasteiger partial charge is 0.214 e. The molecule has 0 saturated carbocycles. The van der Waals surface area contributed by atoms with Crippen LogP contribution in [0.5, 0.6) is 0 Å². The van der Waals surface area contributed by atoms with E-state index in [2.05, 4.69) is 30.5 Å². The van der Waals surface area contributed by atoms with E-state index >= 15 is 0 Å². The predicted molar refractivity (Wildman–Crippen MR) is 82.8 cm³/mol. The number of hydrogen-bond donors (Lipinski definition) is 2. The lowest BCUT2D eigenvalue weighted by atomic mass is 10.1. The lowest BCUT2D eigenvalue weighted by molar-refractivity contribution is 1.04. The number of nitrogens with zero attached hydrogens (tertiary/aromatic N) is 5. The Kier molecular flexibility index (Phi) is 2.82. The molecule has 2 N–H and O–H groups in total. The van der Waals surface area contributed by atoms with Gasteiger partial charge in [0.1, 0.15) is 11.5 Å². The molecule has 0 atom stereocenters. The third-order valence-electron chi connectivity index (χ3n) is 3.43. The Labute approximate surface area is 126 Å². The maximum Gasteiger partial charge on any atom is 0.214 e. The van der Waals surface area contributed by atoms with Crippen molar-refractivity contribution in [2.24, 2.45) is 0 Å². The summed E-state index contributed by atoms with van der Waals surface area (Å²) in [6.45, 7) is 1.97. The highest BCUT2D eigenvalue weighted by Crippen LogP contribution is 2.28. The van der Waals surface area contributed by atoms with E-state index in [-0.39, 0.29) is 0 Å². The maximum atomic E-state index is 4.66. The summed E-state index contributed by atoms with van der Waals surface area (Å²) in [6, 6.07) is 5.76. The number of aromatic amines is 1. The molecule has 0 spiro atoms. The lowest BCUT2D eigenvalue weighted by Crippen LogP contribution is -2.05. The van der Waals surface area contributed by atoms with Crippen LogP contribution in [0.1, 0.15) is 5.69 Å². The van der Waals surface area contributed by atoms with Crippen LogP contribution < -0.4 is 5.32 Å². The molecule has 4 aromatic heterocycles. The number of aryl methyl sites for hydroxylation is 1. The SMILES string of the molecule is Cc1nc(Nc2ccn[nH]2)n2ccnc2c1-c1cccnc1. The van der Waals surface area contributed by atoms with Crippen molar-refractivity contribution in [3.63, 3.8) is 0 Å². The van der Waals surface area contributed by atoms with Crippen LogP contribution in [0.2, 0.25) is 0 Å². The predicted octanol–water partition coefficient (Wildman–Crippen LogP) is 2.57. The second kappa shape index (κ2) is 4.96. The zero-order chi connectivity index (χ0) is 14.9. The van der Waals surface area contributed by atoms with E-state index in [4.69, 9.17) is 0 Å². The fourth-order valence-corrected chi connectivity index (χ4v) is 2.47. The third-order valence-corrected chi connectivity index (χ3v) is 3.43. The molecule has 0 saturated heterocycles. The molecular formula is C15H13N7. The number of imidazole rings is 1. The Morgan fingerprint density at radius 2 is 2.14 bits per heavy atom. The number of rotatable bonds is 3. The van der Waals surface area contributed by atoms with Gasteiger partial charge in [-0.15, -0.1) is 0 Å². The summed E-state index contributed by atoms with van der Waals surface area (Å²) >= 11 is 0. The van der Waals surface area contributed by atoms with Gasteiger partial charge >= 0.3 is 0 Å². The highest BCUT2D eigenvalue weighted by molar-refractivity contribution is 5.80. The first kappa shape index (κ1) is 12.5. The van der Waals surface area contributed by atoms with Gasteiger partial charge in [-0.05, 0) is 13.0 Å². The summed E-state index contributed by atoms with van der Waals surface area (Å²) in [5.41, 5.74) is 3.70. The van der Waals surface area contributed by atoms with E-state index in [1.54, 1.807) is 18.6 Å². The zero-order valence-corrected chi connectivity index (χ0v) is 11.9.